The molecule has 31 heavy (non-hydrogen) atoms. The summed E-state index contributed by atoms with van der Waals surface area (Å²) in [5.74, 6) is 0.360. The summed E-state index contributed by atoms with van der Waals surface area (Å²) < 4.78 is 4.12. The van der Waals surface area contributed by atoms with Crippen molar-refractivity contribution in [1.82, 2.24) is 24.0 Å². The van der Waals surface area contributed by atoms with Gasteiger partial charge in [0.1, 0.15) is 0 Å². The zero-order valence-electron chi connectivity index (χ0n) is 18.1. The van der Waals surface area contributed by atoms with Crippen LogP contribution in [0.1, 0.15) is 25.8 Å². The number of nitrogens with zero attached hydrogens (tertiary/aromatic N) is 4. The molecule has 0 saturated carbocycles. The van der Waals surface area contributed by atoms with Gasteiger partial charge in [-0.25, -0.2) is 4.79 Å². The molecule has 0 saturated heterocycles. The fraction of sp³-hybridized carbons (Fsp3) is 0.429. The molecule has 0 spiro atoms. The SMILES string of the molecule is CCC(C)C(=O)NCCNc1nc2c(c(=O)n(C)c(=O)n2C)n1Cc1ccccc1Cl. The van der Waals surface area contributed by atoms with E-state index in [4.69, 9.17) is 11.6 Å². The fourth-order valence-electron chi connectivity index (χ4n) is 3.25. The number of aromatic nitrogens is 4. The van der Waals surface area contributed by atoms with Crippen molar-refractivity contribution >= 4 is 34.6 Å². The summed E-state index contributed by atoms with van der Waals surface area (Å²) >= 11 is 6.34. The maximum Gasteiger partial charge on any atom is 0.332 e. The Morgan fingerprint density at radius 1 is 1.16 bits per heavy atom. The molecule has 166 valence electrons. The Bertz CT molecular complexity index is 1230. The highest BCUT2D eigenvalue weighted by Crippen LogP contribution is 2.21. The number of aryl methyl sites for hydroxylation is 1. The minimum absolute atomic E-state index is 0.00913. The van der Waals surface area contributed by atoms with Crippen molar-refractivity contribution < 1.29 is 4.79 Å². The van der Waals surface area contributed by atoms with Crippen LogP contribution in [0.15, 0.2) is 33.9 Å². The normalized spacial score (nSPS) is 12.2. The first-order chi connectivity index (χ1) is 14.8. The average molecular weight is 447 g/mol. The van der Waals surface area contributed by atoms with Crippen LogP contribution in [-0.4, -0.2) is 37.7 Å². The maximum atomic E-state index is 12.9. The lowest BCUT2D eigenvalue weighted by atomic mass is 10.1. The van der Waals surface area contributed by atoms with Gasteiger partial charge in [0.25, 0.3) is 5.56 Å². The lowest BCUT2D eigenvalue weighted by Crippen LogP contribution is -2.37. The molecule has 1 amide bonds. The summed E-state index contributed by atoms with van der Waals surface area (Å²) in [5.41, 5.74) is 0.512. The molecule has 0 radical (unpaired) electrons. The first-order valence-electron chi connectivity index (χ1n) is 10.2. The van der Waals surface area contributed by atoms with Crippen LogP contribution in [0.5, 0.6) is 0 Å². The van der Waals surface area contributed by atoms with E-state index in [-0.39, 0.29) is 17.5 Å². The summed E-state index contributed by atoms with van der Waals surface area (Å²) in [6.45, 7) is 4.94. The number of benzene rings is 1. The number of hydrogen-bond donors (Lipinski definition) is 2. The molecule has 0 aliphatic rings. The molecule has 1 atom stereocenters. The highest BCUT2D eigenvalue weighted by Gasteiger charge is 2.20. The van der Waals surface area contributed by atoms with Gasteiger partial charge in [-0.05, 0) is 18.1 Å². The Morgan fingerprint density at radius 3 is 2.55 bits per heavy atom. The summed E-state index contributed by atoms with van der Waals surface area (Å²) in [7, 11) is 3.02. The van der Waals surface area contributed by atoms with Crippen LogP contribution in [0.4, 0.5) is 5.95 Å². The minimum Gasteiger partial charge on any atom is -0.354 e. The van der Waals surface area contributed by atoms with Crippen molar-refractivity contribution in [2.24, 2.45) is 20.0 Å². The molecule has 1 unspecified atom stereocenters. The highest BCUT2D eigenvalue weighted by atomic mass is 35.5. The summed E-state index contributed by atoms with van der Waals surface area (Å²) in [6.07, 6.45) is 0.768. The zero-order chi connectivity index (χ0) is 22.7. The van der Waals surface area contributed by atoms with E-state index in [1.807, 2.05) is 32.0 Å². The van der Waals surface area contributed by atoms with Crippen molar-refractivity contribution in [1.29, 1.82) is 0 Å². The number of anilines is 1. The first-order valence-corrected chi connectivity index (χ1v) is 10.5. The third-order valence-electron chi connectivity index (χ3n) is 5.40. The van der Waals surface area contributed by atoms with Crippen molar-refractivity contribution in [2.75, 3.05) is 18.4 Å². The van der Waals surface area contributed by atoms with E-state index in [1.165, 1.54) is 11.6 Å². The molecule has 0 bridgehead atoms. The van der Waals surface area contributed by atoms with Gasteiger partial charge in [-0.2, -0.15) is 4.98 Å². The summed E-state index contributed by atoms with van der Waals surface area (Å²) in [6, 6.07) is 7.35. The predicted octanol–water partition coefficient (Wildman–Crippen LogP) is 1.71. The first kappa shape index (κ1) is 22.6. The lowest BCUT2D eigenvalue weighted by molar-refractivity contribution is -0.124. The molecule has 0 aliphatic heterocycles. The van der Waals surface area contributed by atoms with Crippen molar-refractivity contribution in [2.45, 2.75) is 26.8 Å². The Hall–Kier alpha value is -3.07. The van der Waals surface area contributed by atoms with Crippen LogP contribution in [-0.2, 0) is 25.4 Å². The average Bonchev–Trinajstić information content (AvgIpc) is 3.12. The molecule has 3 aromatic rings. The topological polar surface area (TPSA) is 103 Å². The van der Waals surface area contributed by atoms with Crippen LogP contribution in [0.2, 0.25) is 5.02 Å². The van der Waals surface area contributed by atoms with Crippen molar-refractivity contribution in [3.05, 3.63) is 55.7 Å². The van der Waals surface area contributed by atoms with Gasteiger partial charge in [0.2, 0.25) is 11.9 Å². The molecule has 2 aromatic heterocycles. The van der Waals surface area contributed by atoms with Crippen LogP contribution in [0, 0.1) is 5.92 Å². The molecule has 2 heterocycles. The number of nitrogens with one attached hydrogen (secondary N) is 2. The molecule has 3 rings (SSSR count). The molecular formula is C21H27ClN6O3. The highest BCUT2D eigenvalue weighted by molar-refractivity contribution is 6.31. The third-order valence-corrected chi connectivity index (χ3v) is 5.77. The minimum atomic E-state index is -0.452. The Balaban J connectivity index is 1.98. The van der Waals surface area contributed by atoms with Gasteiger partial charge in [0.15, 0.2) is 11.2 Å². The summed E-state index contributed by atoms with van der Waals surface area (Å²) in [5, 5.41) is 6.62. The molecule has 10 heteroatoms. The molecule has 0 fully saturated rings. The van der Waals surface area contributed by atoms with Gasteiger partial charge in [-0.15, -0.1) is 0 Å². The largest absolute Gasteiger partial charge is 0.354 e. The number of rotatable bonds is 8. The number of imidazole rings is 1. The monoisotopic (exact) mass is 446 g/mol. The number of carbonyl (C=O) groups is 1. The van der Waals surface area contributed by atoms with E-state index >= 15 is 0 Å². The second kappa shape index (κ2) is 9.38. The second-order valence-corrected chi connectivity index (χ2v) is 7.93. The van der Waals surface area contributed by atoms with E-state index in [9.17, 15) is 14.4 Å². The van der Waals surface area contributed by atoms with E-state index in [0.717, 1.165) is 16.6 Å². The number of halogens is 1. The maximum absolute atomic E-state index is 12.9. The molecular weight excluding hydrogens is 420 g/mol. The second-order valence-electron chi connectivity index (χ2n) is 7.52. The zero-order valence-corrected chi connectivity index (χ0v) is 18.9. The quantitative estimate of drug-likeness (QED) is 0.513. The van der Waals surface area contributed by atoms with Crippen LogP contribution in [0.25, 0.3) is 11.2 Å². The van der Waals surface area contributed by atoms with Crippen molar-refractivity contribution in [3.63, 3.8) is 0 Å². The number of hydrogen-bond acceptors (Lipinski definition) is 5. The van der Waals surface area contributed by atoms with Crippen LogP contribution in [0.3, 0.4) is 0 Å². The smallest absolute Gasteiger partial charge is 0.332 e. The van der Waals surface area contributed by atoms with E-state index in [0.29, 0.717) is 36.1 Å². The van der Waals surface area contributed by atoms with Gasteiger partial charge in [-0.3, -0.25) is 23.3 Å². The van der Waals surface area contributed by atoms with Gasteiger partial charge in [0.05, 0.1) is 6.54 Å². The van der Waals surface area contributed by atoms with E-state index in [1.54, 1.807) is 17.7 Å². The van der Waals surface area contributed by atoms with Gasteiger partial charge >= 0.3 is 5.69 Å². The van der Waals surface area contributed by atoms with Crippen LogP contribution < -0.4 is 21.9 Å². The van der Waals surface area contributed by atoms with E-state index in [2.05, 4.69) is 15.6 Å². The fourth-order valence-corrected chi connectivity index (χ4v) is 3.45. The van der Waals surface area contributed by atoms with Gasteiger partial charge < -0.3 is 10.6 Å². The number of amides is 1. The Morgan fingerprint density at radius 2 is 1.87 bits per heavy atom. The van der Waals surface area contributed by atoms with Gasteiger partial charge in [0, 0.05) is 38.1 Å². The van der Waals surface area contributed by atoms with Crippen molar-refractivity contribution in [3.8, 4) is 0 Å². The third kappa shape index (κ3) is 4.51. The van der Waals surface area contributed by atoms with E-state index < -0.39 is 11.2 Å². The predicted molar refractivity (Wildman–Crippen MR) is 122 cm³/mol. The standard InChI is InChI=1S/C21H27ClN6O3/c1-5-13(2)18(29)23-10-11-24-20-25-17-16(19(30)27(4)21(31)26(17)3)28(20)12-14-8-6-7-9-15(14)22/h6-9,13H,5,10-12H2,1-4H3,(H,23,29)(H,24,25). The molecule has 9 nitrogen and oxygen atoms in total. The molecule has 1 aromatic carbocycles. The number of carbonyl (C=O) groups excluding carboxylic acids is 1. The summed E-state index contributed by atoms with van der Waals surface area (Å²) in [4.78, 5) is 41.8. The Kier molecular flexibility index (Phi) is 6.84. The molecule has 2 N–H and O–H groups in total. The number of fused-ring (bicyclic) bond motifs is 1. The lowest BCUT2D eigenvalue weighted by Gasteiger charge is -2.13. The van der Waals surface area contributed by atoms with Crippen LogP contribution >= 0.6 is 11.6 Å². The molecule has 0 aliphatic carbocycles. The van der Waals surface area contributed by atoms with Gasteiger partial charge in [-0.1, -0.05) is 43.6 Å². The Labute approximate surface area is 184 Å².